The Balaban J connectivity index is 2.19. The topological polar surface area (TPSA) is 55.6 Å². The first-order valence-electron chi connectivity index (χ1n) is 6.19. The lowest BCUT2D eigenvalue weighted by Crippen LogP contribution is -2.34. The van der Waals surface area contributed by atoms with Crippen molar-refractivity contribution in [2.45, 2.75) is 38.7 Å². The average Bonchev–Trinajstić information content (AvgIpc) is 2.77. The number of carbonyl (C=O) groups is 1. The molecule has 0 aromatic rings. The Labute approximate surface area is 98.1 Å². The second-order valence-corrected chi connectivity index (χ2v) is 4.79. The van der Waals surface area contributed by atoms with E-state index < -0.39 is 0 Å². The predicted octanol–water partition coefficient (Wildman–Crippen LogP) is 0.999. The summed E-state index contributed by atoms with van der Waals surface area (Å²) in [4.78, 5) is 13.6. The molecule has 2 atom stereocenters. The third-order valence-corrected chi connectivity index (χ3v) is 3.18. The third kappa shape index (κ3) is 4.49. The van der Waals surface area contributed by atoms with Crippen LogP contribution < -0.4 is 5.73 Å². The van der Waals surface area contributed by atoms with E-state index in [2.05, 4.69) is 6.92 Å². The van der Waals surface area contributed by atoms with Gasteiger partial charge in [0, 0.05) is 26.6 Å². The molecular formula is C12H24N2O2. The van der Waals surface area contributed by atoms with E-state index in [0.717, 1.165) is 32.4 Å². The largest absolute Gasteiger partial charge is 0.376 e. The van der Waals surface area contributed by atoms with E-state index >= 15 is 0 Å². The molecular weight excluding hydrogens is 204 g/mol. The van der Waals surface area contributed by atoms with Gasteiger partial charge in [-0.2, -0.15) is 0 Å². The zero-order valence-electron chi connectivity index (χ0n) is 10.4. The molecule has 1 fully saturated rings. The molecule has 0 spiro atoms. The zero-order chi connectivity index (χ0) is 12.0. The molecule has 1 aliphatic rings. The number of amides is 1. The molecule has 0 radical (unpaired) electrons. The molecule has 0 bridgehead atoms. The van der Waals surface area contributed by atoms with Crippen LogP contribution in [0.4, 0.5) is 0 Å². The van der Waals surface area contributed by atoms with E-state index in [-0.39, 0.29) is 12.0 Å². The summed E-state index contributed by atoms with van der Waals surface area (Å²) in [6.45, 7) is 4.31. The molecule has 0 aromatic heterocycles. The lowest BCUT2D eigenvalue weighted by atomic mass is 10.1. The van der Waals surface area contributed by atoms with Crippen molar-refractivity contribution in [3.8, 4) is 0 Å². The van der Waals surface area contributed by atoms with Gasteiger partial charge in [0.05, 0.1) is 6.10 Å². The van der Waals surface area contributed by atoms with Gasteiger partial charge in [0.15, 0.2) is 0 Å². The van der Waals surface area contributed by atoms with Crippen LogP contribution in [0.2, 0.25) is 0 Å². The number of nitrogens with zero attached hydrogens (tertiary/aromatic N) is 1. The van der Waals surface area contributed by atoms with E-state index in [0.29, 0.717) is 18.9 Å². The van der Waals surface area contributed by atoms with Crippen LogP contribution in [0.25, 0.3) is 0 Å². The quantitative estimate of drug-likeness (QED) is 0.738. The number of hydrogen-bond acceptors (Lipinski definition) is 3. The minimum absolute atomic E-state index is 0.204. The number of hydrogen-bond donors (Lipinski definition) is 1. The minimum Gasteiger partial charge on any atom is -0.376 e. The standard InChI is InChI=1S/C12H24N2O2/c1-10(8-13)5-6-12(15)14(2)9-11-4-3-7-16-11/h10-11H,3-9,13H2,1-2H3. The van der Waals surface area contributed by atoms with Gasteiger partial charge in [0.25, 0.3) is 0 Å². The van der Waals surface area contributed by atoms with Gasteiger partial charge in [0.2, 0.25) is 5.91 Å². The van der Waals surface area contributed by atoms with Gasteiger partial charge in [-0.25, -0.2) is 0 Å². The van der Waals surface area contributed by atoms with Crippen LogP contribution in [0.1, 0.15) is 32.6 Å². The Kier molecular flexibility index (Phi) is 5.77. The van der Waals surface area contributed by atoms with Crippen LogP contribution in [0.15, 0.2) is 0 Å². The summed E-state index contributed by atoms with van der Waals surface area (Å²) >= 11 is 0. The smallest absolute Gasteiger partial charge is 0.222 e. The van der Waals surface area contributed by atoms with Crippen molar-refractivity contribution in [2.24, 2.45) is 11.7 Å². The van der Waals surface area contributed by atoms with E-state index in [1.165, 1.54) is 0 Å². The highest BCUT2D eigenvalue weighted by Crippen LogP contribution is 2.13. The molecule has 1 aliphatic heterocycles. The van der Waals surface area contributed by atoms with Gasteiger partial charge in [-0.3, -0.25) is 4.79 Å². The average molecular weight is 228 g/mol. The Bertz CT molecular complexity index is 215. The van der Waals surface area contributed by atoms with Crippen molar-refractivity contribution in [2.75, 3.05) is 26.7 Å². The first kappa shape index (κ1) is 13.5. The first-order chi connectivity index (χ1) is 7.63. The predicted molar refractivity (Wildman–Crippen MR) is 64.1 cm³/mol. The summed E-state index contributed by atoms with van der Waals surface area (Å²) in [6.07, 6.45) is 3.93. The van der Waals surface area contributed by atoms with Crippen molar-refractivity contribution >= 4 is 5.91 Å². The van der Waals surface area contributed by atoms with E-state index in [4.69, 9.17) is 10.5 Å². The van der Waals surface area contributed by atoms with Crippen molar-refractivity contribution in [3.05, 3.63) is 0 Å². The molecule has 16 heavy (non-hydrogen) atoms. The minimum atomic E-state index is 0.204. The monoisotopic (exact) mass is 228 g/mol. The molecule has 2 N–H and O–H groups in total. The Morgan fingerprint density at radius 2 is 2.38 bits per heavy atom. The summed E-state index contributed by atoms with van der Waals surface area (Å²) in [6, 6.07) is 0. The third-order valence-electron chi connectivity index (χ3n) is 3.18. The van der Waals surface area contributed by atoms with E-state index in [1.807, 2.05) is 7.05 Å². The molecule has 94 valence electrons. The molecule has 1 rings (SSSR count). The van der Waals surface area contributed by atoms with Crippen LogP contribution in [-0.2, 0) is 9.53 Å². The highest BCUT2D eigenvalue weighted by atomic mass is 16.5. The van der Waals surface area contributed by atoms with Gasteiger partial charge >= 0.3 is 0 Å². The fourth-order valence-corrected chi connectivity index (χ4v) is 1.87. The number of carbonyl (C=O) groups excluding carboxylic acids is 1. The van der Waals surface area contributed by atoms with Crippen molar-refractivity contribution in [1.29, 1.82) is 0 Å². The lowest BCUT2D eigenvalue weighted by Gasteiger charge is -2.21. The zero-order valence-corrected chi connectivity index (χ0v) is 10.4. The summed E-state index contributed by atoms with van der Waals surface area (Å²) < 4.78 is 5.51. The molecule has 0 aromatic carbocycles. The van der Waals surface area contributed by atoms with Gasteiger partial charge in [-0.15, -0.1) is 0 Å². The van der Waals surface area contributed by atoms with Crippen LogP contribution in [0.3, 0.4) is 0 Å². The maximum absolute atomic E-state index is 11.8. The van der Waals surface area contributed by atoms with Crippen molar-refractivity contribution in [3.63, 3.8) is 0 Å². The fourth-order valence-electron chi connectivity index (χ4n) is 1.87. The summed E-state index contributed by atoms with van der Waals surface area (Å²) in [7, 11) is 1.86. The Morgan fingerprint density at radius 3 is 2.94 bits per heavy atom. The van der Waals surface area contributed by atoms with Gasteiger partial charge in [-0.1, -0.05) is 6.92 Å². The molecule has 1 saturated heterocycles. The van der Waals surface area contributed by atoms with Crippen LogP contribution in [0.5, 0.6) is 0 Å². The maximum atomic E-state index is 11.8. The lowest BCUT2D eigenvalue weighted by molar-refractivity contribution is -0.131. The first-order valence-corrected chi connectivity index (χ1v) is 6.19. The molecule has 0 aliphatic carbocycles. The molecule has 1 amide bonds. The fraction of sp³-hybridized carbons (Fsp3) is 0.917. The van der Waals surface area contributed by atoms with Crippen LogP contribution in [0, 0.1) is 5.92 Å². The number of nitrogens with two attached hydrogens (primary N) is 1. The Morgan fingerprint density at radius 1 is 1.62 bits per heavy atom. The molecule has 4 nitrogen and oxygen atoms in total. The summed E-state index contributed by atoms with van der Waals surface area (Å²) in [5.41, 5.74) is 5.52. The normalized spacial score (nSPS) is 22.1. The van der Waals surface area contributed by atoms with Crippen LogP contribution >= 0.6 is 0 Å². The maximum Gasteiger partial charge on any atom is 0.222 e. The highest BCUT2D eigenvalue weighted by molar-refractivity contribution is 5.75. The summed E-state index contributed by atoms with van der Waals surface area (Å²) in [5.74, 6) is 0.635. The van der Waals surface area contributed by atoms with Crippen molar-refractivity contribution in [1.82, 2.24) is 4.90 Å². The molecule has 0 saturated carbocycles. The SMILES string of the molecule is CC(CN)CCC(=O)N(C)CC1CCCO1. The molecule has 2 unspecified atom stereocenters. The van der Waals surface area contributed by atoms with E-state index in [9.17, 15) is 4.79 Å². The number of likely N-dealkylation sites (N-methyl/N-ethyl adjacent to an activating group) is 1. The second kappa shape index (κ2) is 6.86. The highest BCUT2D eigenvalue weighted by Gasteiger charge is 2.19. The van der Waals surface area contributed by atoms with E-state index in [1.54, 1.807) is 4.90 Å². The second-order valence-electron chi connectivity index (χ2n) is 4.79. The van der Waals surface area contributed by atoms with Crippen molar-refractivity contribution < 1.29 is 9.53 Å². The molecule has 1 heterocycles. The van der Waals surface area contributed by atoms with Crippen LogP contribution in [-0.4, -0.2) is 43.7 Å². The Hall–Kier alpha value is -0.610. The molecule has 4 heteroatoms. The summed E-state index contributed by atoms with van der Waals surface area (Å²) in [5, 5.41) is 0. The van der Waals surface area contributed by atoms with Gasteiger partial charge < -0.3 is 15.4 Å². The van der Waals surface area contributed by atoms with Gasteiger partial charge in [-0.05, 0) is 31.7 Å². The number of rotatable bonds is 6. The van der Waals surface area contributed by atoms with Gasteiger partial charge in [0.1, 0.15) is 0 Å². The number of ether oxygens (including phenoxy) is 1.